The summed E-state index contributed by atoms with van der Waals surface area (Å²) in [5.41, 5.74) is -1.01. The van der Waals surface area contributed by atoms with E-state index in [0.29, 0.717) is 0 Å². The lowest BCUT2D eigenvalue weighted by atomic mass is 9.97. The Morgan fingerprint density at radius 2 is 1.82 bits per heavy atom. The molecule has 0 amide bonds. The van der Waals surface area contributed by atoms with Gasteiger partial charge in [0.15, 0.2) is 11.5 Å². The number of phenols is 2. The Morgan fingerprint density at radius 1 is 1.24 bits per heavy atom. The maximum atomic E-state index is 10.9. The van der Waals surface area contributed by atoms with E-state index < -0.39 is 47.4 Å². The number of carbonyl (C=O) groups is 1. The Kier molecular flexibility index (Phi) is 3.89. The summed E-state index contributed by atoms with van der Waals surface area (Å²) in [4.78, 5) is 10.9. The Labute approximate surface area is 95.8 Å². The summed E-state index contributed by atoms with van der Waals surface area (Å²) in [5.74, 6) is -2.92. The molecule has 2 unspecified atom stereocenters. The van der Waals surface area contributed by atoms with E-state index in [0.717, 1.165) is 12.1 Å². The molecular weight excluding hydrogens is 232 g/mol. The molecule has 0 saturated heterocycles. The highest BCUT2D eigenvalue weighted by atomic mass is 16.4. The molecule has 6 N–H and O–H groups in total. The summed E-state index contributed by atoms with van der Waals surface area (Å²) in [6.07, 6.45) is -3.49. The van der Waals surface area contributed by atoms with Gasteiger partial charge in [-0.3, -0.25) is 0 Å². The molecule has 7 nitrogen and oxygen atoms in total. The fourth-order valence-corrected chi connectivity index (χ4v) is 1.37. The molecule has 0 aliphatic rings. The van der Waals surface area contributed by atoms with E-state index >= 15 is 0 Å². The molecule has 0 heterocycles. The van der Waals surface area contributed by atoms with Crippen LogP contribution in [0.1, 0.15) is 22.0 Å². The number of hydrogen-bond acceptors (Lipinski definition) is 6. The SMILES string of the molecule is O=C(O)c1ccc(O)c(O)c1C(O)C(O)CO. The van der Waals surface area contributed by atoms with Gasteiger partial charge >= 0.3 is 5.97 Å². The summed E-state index contributed by atoms with van der Waals surface area (Å²) in [5, 5.41) is 55.0. The van der Waals surface area contributed by atoms with Crippen molar-refractivity contribution in [1.82, 2.24) is 0 Å². The highest BCUT2D eigenvalue weighted by molar-refractivity contribution is 5.91. The predicted molar refractivity (Wildman–Crippen MR) is 54.8 cm³/mol. The van der Waals surface area contributed by atoms with Gasteiger partial charge in [0.1, 0.15) is 12.2 Å². The van der Waals surface area contributed by atoms with Gasteiger partial charge in [0.25, 0.3) is 0 Å². The first-order chi connectivity index (χ1) is 7.90. The third-order valence-corrected chi connectivity index (χ3v) is 2.27. The van der Waals surface area contributed by atoms with E-state index in [1.807, 2.05) is 0 Å². The van der Waals surface area contributed by atoms with Crippen LogP contribution >= 0.6 is 0 Å². The predicted octanol–water partition coefficient (Wildman–Crippen LogP) is -0.817. The molecule has 0 aliphatic heterocycles. The fraction of sp³-hybridized carbons (Fsp3) is 0.300. The van der Waals surface area contributed by atoms with Gasteiger partial charge < -0.3 is 30.6 Å². The number of aliphatic hydroxyl groups excluding tert-OH is 3. The van der Waals surface area contributed by atoms with E-state index in [2.05, 4.69) is 0 Å². The summed E-state index contributed by atoms with van der Waals surface area (Å²) in [7, 11) is 0. The third-order valence-electron chi connectivity index (χ3n) is 2.27. The highest BCUT2D eigenvalue weighted by Gasteiger charge is 2.28. The van der Waals surface area contributed by atoms with Gasteiger partial charge in [-0.25, -0.2) is 4.79 Å². The van der Waals surface area contributed by atoms with Crippen LogP contribution in [0.25, 0.3) is 0 Å². The molecular formula is C10H12O7. The second kappa shape index (κ2) is 5.00. The summed E-state index contributed by atoms with van der Waals surface area (Å²) in [6.45, 7) is -0.824. The van der Waals surface area contributed by atoms with Crippen molar-refractivity contribution in [3.63, 3.8) is 0 Å². The van der Waals surface area contributed by atoms with E-state index in [1.54, 1.807) is 0 Å². The van der Waals surface area contributed by atoms with Crippen LogP contribution in [0.5, 0.6) is 11.5 Å². The molecule has 0 aliphatic carbocycles. The molecule has 1 aromatic carbocycles. The first-order valence-corrected chi connectivity index (χ1v) is 4.65. The topological polar surface area (TPSA) is 138 Å². The molecule has 0 aromatic heterocycles. The lowest BCUT2D eigenvalue weighted by molar-refractivity contribution is -0.0168. The Hall–Kier alpha value is -1.83. The average Bonchev–Trinajstić information content (AvgIpc) is 2.30. The van der Waals surface area contributed by atoms with E-state index in [-0.39, 0.29) is 0 Å². The molecule has 1 aromatic rings. The number of aliphatic hydroxyl groups is 3. The number of aromatic hydroxyl groups is 2. The van der Waals surface area contributed by atoms with E-state index in [4.69, 9.17) is 10.2 Å². The minimum absolute atomic E-state index is 0.472. The molecule has 94 valence electrons. The van der Waals surface area contributed by atoms with E-state index in [9.17, 15) is 25.2 Å². The molecule has 2 atom stereocenters. The first kappa shape index (κ1) is 13.2. The molecule has 1 rings (SSSR count). The van der Waals surface area contributed by atoms with Gasteiger partial charge in [0, 0.05) is 5.56 Å². The van der Waals surface area contributed by atoms with Crippen LogP contribution in [0.3, 0.4) is 0 Å². The van der Waals surface area contributed by atoms with Crippen molar-refractivity contribution in [2.45, 2.75) is 12.2 Å². The maximum Gasteiger partial charge on any atom is 0.336 e. The molecule has 0 fully saturated rings. The zero-order valence-corrected chi connectivity index (χ0v) is 8.61. The number of hydrogen-bond donors (Lipinski definition) is 6. The smallest absolute Gasteiger partial charge is 0.336 e. The van der Waals surface area contributed by atoms with Crippen molar-refractivity contribution in [2.24, 2.45) is 0 Å². The second-order valence-electron chi connectivity index (χ2n) is 3.39. The second-order valence-corrected chi connectivity index (χ2v) is 3.39. The van der Waals surface area contributed by atoms with Crippen molar-refractivity contribution in [2.75, 3.05) is 6.61 Å². The largest absolute Gasteiger partial charge is 0.504 e. The number of carboxylic acid groups (broad SMARTS) is 1. The number of benzene rings is 1. The van der Waals surface area contributed by atoms with Crippen molar-refractivity contribution in [1.29, 1.82) is 0 Å². The zero-order chi connectivity index (χ0) is 13.2. The minimum Gasteiger partial charge on any atom is -0.504 e. The average molecular weight is 244 g/mol. The van der Waals surface area contributed by atoms with Gasteiger partial charge in [0.05, 0.1) is 12.2 Å². The summed E-state index contributed by atoms with van der Waals surface area (Å²) < 4.78 is 0. The van der Waals surface area contributed by atoms with Crippen LogP contribution in [0.15, 0.2) is 12.1 Å². The minimum atomic E-state index is -1.82. The number of phenolic OH excluding ortho intramolecular Hbond substituents is 2. The Bertz CT molecular complexity index is 429. The van der Waals surface area contributed by atoms with Gasteiger partial charge in [0.2, 0.25) is 0 Å². The van der Waals surface area contributed by atoms with Crippen LogP contribution in [-0.4, -0.2) is 49.3 Å². The molecule has 0 saturated carbocycles. The van der Waals surface area contributed by atoms with Gasteiger partial charge in [-0.05, 0) is 12.1 Å². The van der Waals surface area contributed by atoms with Crippen molar-refractivity contribution < 1.29 is 35.4 Å². The summed E-state index contributed by atoms with van der Waals surface area (Å²) >= 11 is 0. The zero-order valence-electron chi connectivity index (χ0n) is 8.61. The van der Waals surface area contributed by atoms with Gasteiger partial charge in [-0.1, -0.05) is 0 Å². The van der Waals surface area contributed by atoms with Crippen LogP contribution in [0.4, 0.5) is 0 Å². The van der Waals surface area contributed by atoms with Crippen LogP contribution < -0.4 is 0 Å². The van der Waals surface area contributed by atoms with Crippen LogP contribution in [-0.2, 0) is 0 Å². The van der Waals surface area contributed by atoms with Crippen LogP contribution in [0.2, 0.25) is 0 Å². The molecule has 17 heavy (non-hydrogen) atoms. The van der Waals surface area contributed by atoms with Gasteiger partial charge in [-0.15, -0.1) is 0 Å². The molecule has 7 heteroatoms. The number of carboxylic acids is 1. The number of rotatable bonds is 4. The lowest BCUT2D eigenvalue weighted by Gasteiger charge is -2.19. The third kappa shape index (κ3) is 2.47. The maximum absolute atomic E-state index is 10.9. The quantitative estimate of drug-likeness (QED) is 0.380. The van der Waals surface area contributed by atoms with Crippen molar-refractivity contribution >= 4 is 5.97 Å². The number of aromatic carboxylic acids is 1. The molecule has 0 radical (unpaired) electrons. The van der Waals surface area contributed by atoms with E-state index in [1.165, 1.54) is 0 Å². The summed E-state index contributed by atoms with van der Waals surface area (Å²) in [6, 6.07) is 1.92. The van der Waals surface area contributed by atoms with Gasteiger partial charge in [-0.2, -0.15) is 0 Å². The molecule has 0 bridgehead atoms. The van der Waals surface area contributed by atoms with Crippen molar-refractivity contribution in [3.05, 3.63) is 23.3 Å². The highest BCUT2D eigenvalue weighted by Crippen LogP contribution is 2.36. The molecule has 0 spiro atoms. The van der Waals surface area contributed by atoms with Crippen molar-refractivity contribution in [3.8, 4) is 11.5 Å². The lowest BCUT2D eigenvalue weighted by Crippen LogP contribution is -2.24. The standard InChI is InChI=1S/C10H12O7/c11-3-6(13)9(15)7-4(10(16)17)1-2-5(12)8(7)14/h1-2,6,9,11-15H,3H2,(H,16,17). The monoisotopic (exact) mass is 244 g/mol. The Morgan fingerprint density at radius 3 is 2.29 bits per heavy atom. The Balaban J connectivity index is 3.37. The fourth-order valence-electron chi connectivity index (χ4n) is 1.37. The van der Waals surface area contributed by atoms with Crippen LogP contribution in [0, 0.1) is 0 Å². The first-order valence-electron chi connectivity index (χ1n) is 4.65. The normalized spacial score (nSPS) is 14.3.